The zero-order chi connectivity index (χ0) is 9.14. The zero-order valence-electron chi connectivity index (χ0n) is 8.80. The van der Waals surface area contributed by atoms with Gasteiger partial charge in [0.25, 0.3) is 0 Å². The lowest BCUT2D eigenvalue weighted by atomic mass is 9.95. The molecule has 1 nitrogen and oxygen atoms in total. The third kappa shape index (κ3) is 2.62. The van der Waals surface area contributed by atoms with E-state index in [0.717, 1.165) is 5.92 Å². The van der Waals surface area contributed by atoms with E-state index in [-0.39, 0.29) is 0 Å². The highest BCUT2D eigenvalue weighted by Crippen LogP contribution is 2.23. The van der Waals surface area contributed by atoms with Crippen LogP contribution in [0.2, 0.25) is 0 Å². The predicted molar refractivity (Wildman–Crippen MR) is 54.8 cm³/mol. The molecule has 0 N–H and O–H groups in total. The van der Waals surface area contributed by atoms with Gasteiger partial charge in [-0.3, -0.25) is 4.99 Å². The van der Waals surface area contributed by atoms with Crippen molar-refractivity contribution in [2.45, 2.75) is 53.0 Å². The molecule has 0 aromatic rings. The smallest absolute Gasteiger partial charge is 0.0521 e. The van der Waals surface area contributed by atoms with Crippen molar-refractivity contribution in [2.24, 2.45) is 16.8 Å². The van der Waals surface area contributed by atoms with Crippen LogP contribution in [0.25, 0.3) is 0 Å². The average Bonchev–Trinajstić information content (AvgIpc) is 2.11. The maximum Gasteiger partial charge on any atom is 0.0521 e. The highest BCUT2D eigenvalue weighted by Gasteiger charge is 2.17. The largest absolute Gasteiger partial charge is 0.291 e. The van der Waals surface area contributed by atoms with Crippen molar-refractivity contribution in [3.8, 4) is 0 Å². The van der Waals surface area contributed by atoms with Crippen LogP contribution in [0.4, 0.5) is 0 Å². The van der Waals surface area contributed by atoms with E-state index in [1.165, 1.54) is 25.0 Å². The fraction of sp³-hybridized carbons (Fsp3) is 0.909. The summed E-state index contributed by atoms with van der Waals surface area (Å²) < 4.78 is 0. The van der Waals surface area contributed by atoms with E-state index in [0.29, 0.717) is 12.0 Å². The fourth-order valence-corrected chi connectivity index (χ4v) is 1.94. The molecule has 1 aliphatic rings. The molecule has 0 saturated heterocycles. The van der Waals surface area contributed by atoms with Crippen LogP contribution in [0, 0.1) is 11.8 Å². The Bertz CT molecular complexity index is 170. The van der Waals surface area contributed by atoms with Crippen molar-refractivity contribution in [2.75, 3.05) is 0 Å². The molecule has 0 aromatic carbocycles. The molecule has 0 bridgehead atoms. The Labute approximate surface area is 76.3 Å². The lowest BCUT2D eigenvalue weighted by Gasteiger charge is -2.14. The maximum atomic E-state index is 4.74. The van der Waals surface area contributed by atoms with E-state index in [1.54, 1.807) is 0 Å². The van der Waals surface area contributed by atoms with Crippen LogP contribution in [0.15, 0.2) is 4.99 Å². The molecule has 2 atom stereocenters. The fourth-order valence-electron chi connectivity index (χ4n) is 1.94. The quantitative estimate of drug-likeness (QED) is 0.568. The Hall–Kier alpha value is -0.330. The minimum absolute atomic E-state index is 0.593. The molecular weight excluding hydrogens is 146 g/mol. The third-order valence-electron chi connectivity index (χ3n) is 2.75. The van der Waals surface area contributed by atoms with Gasteiger partial charge in [-0.2, -0.15) is 0 Å². The standard InChI is InChI=1S/C11H21N/c1-8(2)11-6-5-9(3)7-10(4)12-11/h8-9,11H,5-7H2,1-4H3/t9-,11+/m1/s1. The Balaban J connectivity index is 2.61. The van der Waals surface area contributed by atoms with Crippen molar-refractivity contribution in [3.05, 3.63) is 0 Å². The predicted octanol–water partition coefficient (Wildman–Crippen LogP) is 3.29. The average molecular weight is 167 g/mol. The number of hydrogen-bond acceptors (Lipinski definition) is 1. The third-order valence-corrected chi connectivity index (χ3v) is 2.75. The Morgan fingerprint density at radius 1 is 1.33 bits per heavy atom. The first-order chi connectivity index (χ1) is 5.59. The minimum Gasteiger partial charge on any atom is -0.291 e. The van der Waals surface area contributed by atoms with E-state index in [4.69, 9.17) is 4.99 Å². The van der Waals surface area contributed by atoms with Gasteiger partial charge in [-0.25, -0.2) is 0 Å². The summed E-state index contributed by atoms with van der Waals surface area (Å²) in [6, 6.07) is 0.593. The summed E-state index contributed by atoms with van der Waals surface area (Å²) in [7, 11) is 0. The molecule has 1 heteroatoms. The maximum absolute atomic E-state index is 4.74. The molecule has 0 radical (unpaired) electrons. The SMILES string of the molecule is CC1=N[C@H](C(C)C)CC[C@@H](C)C1. The number of rotatable bonds is 1. The van der Waals surface area contributed by atoms with Gasteiger partial charge in [0, 0.05) is 5.71 Å². The second-order valence-electron chi connectivity index (χ2n) is 4.56. The molecular formula is C11H21N. The summed E-state index contributed by atoms with van der Waals surface area (Å²) >= 11 is 0. The number of aliphatic imine (C=N–C) groups is 1. The van der Waals surface area contributed by atoms with Gasteiger partial charge < -0.3 is 0 Å². The van der Waals surface area contributed by atoms with Gasteiger partial charge in [-0.15, -0.1) is 0 Å². The summed E-state index contributed by atoms with van der Waals surface area (Å²) in [5.74, 6) is 1.56. The zero-order valence-corrected chi connectivity index (χ0v) is 8.80. The van der Waals surface area contributed by atoms with Gasteiger partial charge in [0.05, 0.1) is 6.04 Å². The van der Waals surface area contributed by atoms with E-state index in [2.05, 4.69) is 27.7 Å². The Kier molecular flexibility index (Phi) is 3.30. The van der Waals surface area contributed by atoms with Gasteiger partial charge in [0.1, 0.15) is 0 Å². The lowest BCUT2D eigenvalue weighted by molar-refractivity contribution is 0.428. The van der Waals surface area contributed by atoms with Gasteiger partial charge in [0.15, 0.2) is 0 Å². The van der Waals surface area contributed by atoms with Crippen molar-refractivity contribution in [3.63, 3.8) is 0 Å². The van der Waals surface area contributed by atoms with Crippen LogP contribution in [-0.2, 0) is 0 Å². The van der Waals surface area contributed by atoms with E-state index in [9.17, 15) is 0 Å². The van der Waals surface area contributed by atoms with Crippen LogP contribution in [-0.4, -0.2) is 11.8 Å². The second kappa shape index (κ2) is 4.06. The molecule has 70 valence electrons. The first-order valence-electron chi connectivity index (χ1n) is 5.13. The molecule has 1 rings (SSSR count). The van der Waals surface area contributed by atoms with Crippen molar-refractivity contribution >= 4 is 5.71 Å². The summed E-state index contributed by atoms with van der Waals surface area (Å²) in [6.07, 6.45) is 3.85. The van der Waals surface area contributed by atoms with Crippen molar-refractivity contribution < 1.29 is 0 Å². The normalized spacial score (nSPS) is 31.6. The van der Waals surface area contributed by atoms with E-state index in [1.807, 2.05) is 0 Å². The van der Waals surface area contributed by atoms with Gasteiger partial charge in [-0.05, 0) is 38.0 Å². The second-order valence-corrected chi connectivity index (χ2v) is 4.56. The summed E-state index contributed by atoms with van der Waals surface area (Å²) in [5.41, 5.74) is 1.36. The monoisotopic (exact) mass is 167 g/mol. The van der Waals surface area contributed by atoms with Gasteiger partial charge in [-0.1, -0.05) is 20.8 Å². The molecule has 0 amide bonds. The number of nitrogens with zero attached hydrogens (tertiary/aromatic N) is 1. The molecule has 12 heavy (non-hydrogen) atoms. The summed E-state index contributed by atoms with van der Waals surface area (Å²) in [4.78, 5) is 4.74. The van der Waals surface area contributed by atoms with Crippen LogP contribution >= 0.6 is 0 Å². The van der Waals surface area contributed by atoms with Crippen LogP contribution in [0.1, 0.15) is 47.0 Å². The van der Waals surface area contributed by atoms with Crippen LogP contribution in [0.3, 0.4) is 0 Å². The van der Waals surface area contributed by atoms with E-state index >= 15 is 0 Å². The summed E-state index contributed by atoms with van der Waals surface area (Å²) in [6.45, 7) is 9.06. The van der Waals surface area contributed by atoms with Gasteiger partial charge in [0.2, 0.25) is 0 Å². The van der Waals surface area contributed by atoms with E-state index < -0.39 is 0 Å². The van der Waals surface area contributed by atoms with Crippen LogP contribution < -0.4 is 0 Å². The topological polar surface area (TPSA) is 12.4 Å². The van der Waals surface area contributed by atoms with Crippen LogP contribution in [0.5, 0.6) is 0 Å². The first kappa shape index (κ1) is 9.76. The van der Waals surface area contributed by atoms with Crippen molar-refractivity contribution in [1.29, 1.82) is 0 Å². The first-order valence-corrected chi connectivity index (χ1v) is 5.13. The lowest BCUT2D eigenvalue weighted by Crippen LogP contribution is -2.12. The molecule has 0 spiro atoms. The molecule has 1 aliphatic heterocycles. The molecule has 0 fully saturated rings. The molecule has 1 heterocycles. The molecule has 0 unspecified atom stereocenters. The number of hydrogen-bond donors (Lipinski definition) is 0. The van der Waals surface area contributed by atoms with Gasteiger partial charge >= 0.3 is 0 Å². The minimum atomic E-state index is 0.593. The molecule has 0 aromatic heterocycles. The molecule has 0 saturated carbocycles. The highest BCUT2D eigenvalue weighted by atomic mass is 14.8. The van der Waals surface area contributed by atoms with Crippen molar-refractivity contribution in [1.82, 2.24) is 0 Å². The Morgan fingerprint density at radius 3 is 2.58 bits per heavy atom. The Morgan fingerprint density at radius 2 is 2.00 bits per heavy atom. The molecule has 0 aliphatic carbocycles. The highest BCUT2D eigenvalue weighted by molar-refractivity contribution is 5.82. The summed E-state index contributed by atoms with van der Waals surface area (Å²) in [5, 5.41) is 0.